The number of hydrogen-bond acceptors (Lipinski definition) is 5. The molecule has 1 fully saturated rings. The van der Waals surface area contributed by atoms with Crippen LogP contribution >= 0.6 is 0 Å². The molecule has 0 radical (unpaired) electrons. The lowest BCUT2D eigenvalue weighted by molar-refractivity contribution is 0.561. The van der Waals surface area contributed by atoms with Crippen molar-refractivity contribution in [2.24, 2.45) is 7.05 Å². The minimum absolute atomic E-state index is 0.0329. The van der Waals surface area contributed by atoms with Gasteiger partial charge in [0.25, 0.3) is 0 Å². The number of hydrogen-bond donors (Lipinski definition) is 1. The average molecular weight is 307 g/mol. The summed E-state index contributed by atoms with van der Waals surface area (Å²) in [5, 5.41) is 4.06. The highest BCUT2D eigenvalue weighted by Crippen LogP contribution is 2.20. The first kappa shape index (κ1) is 14.5. The maximum atomic E-state index is 12.3. The van der Waals surface area contributed by atoms with Crippen LogP contribution in [0.4, 0.5) is 0 Å². The smallest absolute Gasteiger partial charge is 0.244 e. The van der Waals surface area contributed by atoms with Crippen molar-refractivity contribution in [1.29, 1.82) is 0 Å². The molecule has 1 aliphatic rings. The highest BCUT2D eigenvalue weighted by atomic mass is 32.2. The van der Waals surface area contributed by atoms with Crippen LogP contribution in [0.25, 0.3) is 0 Å². The highest BCUT2D eigenvalue weighted by molar-refractivity contribution is 7.92. The predicted octanol–water partition coefficient (Wildman–Crippen LogP) is -0.498. The molecule has 1 unspecified atom stereocenters. The van der Waals surface area contributed by atoms with Gasteiger partial charge in [-0.1, -0.05) is 0 Å². The van der Waals surface area contributed by atoms with E-state index in [0.29, 0.717) is 17.8 Å². The lowest BCUT2D eigenvalue weighted by Crippen LogP contribution is -2.36. The van der Waals surface area contributed by atoms with E-state index in [2.05, 4.69) is 9.82 Å². The predicted molar refractivity (Wildman–Crippen MR) is 70.1 cm³/mol. The van der Waals surface area contributed by atoms with Crippen LogP contribution in [-0.2, 0) is 26.9 Å². The van der Waals surface area contributed by atoms with Crippen LogP contribution in [0, 0.1) is 13.8 Å². The Bertz CT molecular complexity index is 703. The van der Waals surface area contributed by atoms with Gasteiger partial charge >= 0.3 is 0 Å². The number of nitrogens with one attached hydrogen (secondary N) is 1. The molecule has 0 spiro atoms. The first-order chi connectivity index (χ1) is 8.62. The van der Waals surface area contributed by atoms with Crippen molar-refractivity contribution in [2.75, 3.05) is 11.5 Å². The van der Waals surface area contributed by atoms with Crippen molar-refractivity contribution < 1.29 is 16.8 Å². The van der Waals surface area contributed by atoms with Crippen molar-refractivity contribution >= 4 is 19.9 Å². The van der Waals surface area contributed by atoms with Crippen LogP contribution in [0.1, 0.15) is 17.8 Å². The highest BCUT2D eigenvalue weighted by Gasteiger charge is 2.33. The molecule has 1 aliphatic heterocycles. The zero-order valence-electron chi connectivity index (χ0n) is 11.0. The summed E-state index contributed by atoms with van der Waals surface area (Å²) in [6.45, 7) is 3.28. The Morgan fingerprint density at radius 1 is 1.37 bits per heavy atom. The molecule has 1 aromatic rings. The van der Waals surface area contributed by atoms with E-state index in [1.807, 2.05) is 0 Å². The SMILES string of the molecule is Cc1nn(C)c(C)c1S(=O)(=O)NC1CCS(=O)(=O)C1. The summed E-state index contributed by atoms with van der Waals surface area (Å²) in [6, 6.07) is -0.547. The molecule has 1 saturated heterocycles. The monoisotopic (exact) mass is 307 g/mol. The lowest BCUT2D eigenvalue weighted by Gasteiger charge is -2.11. The van der Waals surface area contributed by atoms with E-state index in [-0.39, 0.29) is 16.4 Å². The Kier molecular flexibility index (Phi) is 3.48. The average Bonchev–Trinajstić information content (AvgIpc) is 2.67. The van der Waals surface area contributed by atoms with Gasteiger partial charge in [0, 0.05) is 13.1 Å². The van der Waals surface area contributed by atoms with Gasteiger partial charge in [0.15, 0.2) is 9.84 Å². The maximum Gasteiger partial charge on any atom is 0.244 e. The number of rotatable bonds is 3. The molecule has 108 valence electrons. The summed E-state index contributed by atoms with van der Waals surface area (Å²) in [5.74, 6) is -0.101. The third-order valence-corrected chi connectivity index (χ3v) is 6.81. The van der Waals surface area contributed by atoms with Gasteiger partial charge in [0.1, 0.15) is 4.90 Å². The Labute approximate surface area is 113 Å². The molecule has 0 aromatic carbocycles. The number of nitrogens with zero attached hydrogens (tertiary/aromatic N) is 2. The summed E-state index contributed by atoms with van der Waals surface area (Å²) >= 11 is 0. The summed E-state index contributed by atoms with van der Waals surface area (Å²) in [5.41, 5.74) is 0.944. The molecule has 2 heterocycles. The normalized spacial score (nSPS) is 22.8. The lowest BCUT2D eigenvalue weighted by atomic mass is 10.3. The summed E-state index contributed by atoms with van der Waals surface area (Å²) in [7, 11) is -5.18. The maximum absolute atomic E-state index is 12.3. The second kappa shape index (κ2) is 4.57. The number of aromatic nitrogens is 2. The van der Waals surface area contributed by atoms with Crippen LogP contribution in [0.3, 0.4) is 0 Å². The molecule has 19 heavy (non-hydrogen) atoms. The molecule has 9 heteroatoms. The third-order valence-electron chi connectivity index (χ3n) is 3.27. The number of aryl methyl sites for hydroxylation is 2. The van der Waals surface area contributed by atoms with Gasteiger partial charge in [0.2, 0.25) is 10.0 Å². The zero-order chi connectivity index (χ0) is 14.4. The third kappa shape index (κ3) is 2.82. The quantitative estimate of drug-likeness (QED) is 0.812. The van der Waals surface area contributed by atoms with E-state index >= 15 is 0 Å². The molecule has 0 saturated carbocycles. The minimum atomic E-state index is -3.73. The molecule has 1 aromatic heterocycles. The molecule has 0 amide bonds. The molecule has 1 atom stereocenters. The van der Waals surface area contributed by atoms with E-state index in [1.54, 1.807) is 20.9 Å². The Morgan fingerprint density at radius 2 is 2.00 bits per heavy atom. The van der Waals surface area contributed by atoms with E-state index in [1.165, 1.54) is 4.68 Å². The van der Waals surface area contributed by atoms with Crippen molar-refractivity contribution in [1.82, 2.24) is 14.5 Å². The van der Waals surface area contributed by atoms with Crippen molar-refractivity contribution in [3.8, 4) is 0 Å². The molecular formula is C10H17N3O4S2. The zero-order valence-corrected chi connectivity index (χ0v) is 12.7. The topological polar surface area (TPSA) is 98.1 Å². The standard InChI is InChI=1S/C10H17N3O4S2/c1-7-10(8(2)13(3)11-7)19(16,17)12-9-4-5-18(14,15)6-9/h9,12H,4-6H2,1-3H3. The second-order valence-electron chi connectivity index (χ2n) is 4.84. The van der Waals surface area contributed by atoms with E-state index in [4.69, 9.17) is 0 Å². The molecule has 0 bridgehead atoms. The molecular weight excluding hydrogens is 290 g/mol. The fourth-order valence-electron chi connectivity index (χ4n) is 2.31. The molecule has 2 rings (SSSR count). The summed E-state index contributed by atoms with van der Waals surface area (Å²) < 4.78 is 51.2. The Hall–Kier alpha value is -0.930. The van der Waals surface area contributed by atoms with Gasteiger partial charge in [-0.05, 0) is 20.3 Å². The van der Waals surface area contributed by atoms with Crippen LogP contribution < -0.4 is 4.72 Å². The number of sulfonamides is 1. The van der Waals surface area contributed by atoms with Gasteiger partial charge in [0.05, 0.1) is 22.9 Å². The minimum Gasteiger partial charge on any atom is -0.271 e. The molecule has 7 nitrogen and oxygen atoms in total. The fraction of sp³-hybridized carbons (Fsp3) is 0.700. The van der Waals surface area contributed by atoms with Gasteiger partial charge < -0.3 is 0 Å². The van der Waals surface area contributed by atoms with Crippen LogP contribution in [-0.4, -0.2) is 44.2 Å². The second-order valence-corrected chi connectivity index (χ2v) is 8.72. The van der Waals surface area contributed by atoms with Gasteiger partial charge in [-0.3, -0.25) is 4.68 Å². The van der Waals surface area contributed by atoms with Gasteiger partial charge in [-0.25, -0.2) is 21.6 Å². The van der Waals surface area contributed by atoms with E-state index < -0.39 is 25.9 Å². The van der Waals surface area contributed by atoms with Crippen LogP contribution in [0.2, 0.25) is 0 Å². The van der Waals surface area contributed by atoms with Crippen molar-refractivity contribution in [3.63, 3.8) is 0 Å². The van der Waals surface area contributed by atoms with Crippen molar-refractivity contribution in [2.45, 2.75) is 31.2 Å². The number of sulfone groups is 1. The van der Waals surface area contributed by atoms with Gasteiger partial charge in [-0.2, -0.15) is 5.10 Å². The van der Waals surface area contributed by atoms with Crippen molar-refractivity contribution in [3.05, 3.63) is 11.4 Å². The van der Waals surface area contributed by atoms with Gasteiger partial charge in [-0.15, -0.1) is 0 Å². The first-order valence-corrected chi connectivity index (χ1v) is 9.16. The first-order valence-electron chi connectivity index (χ1n) is 5.85. The van der Waals surface area contributed by atoms with Crippen LogP contribution in [0.5, 0.6) is 0 Å². The van der Waals surface area contributed by atoms with E-state index in [9.17, 15) is 16.8 Å². The summed E-state index contributed by atoms with van der Waals surface area (Å²) in [4.78, 5) is 0.138. The fourth-order valence-corrected chi connectivity index (χ4v) is 5.80. The Morgan fingerprint density at radius 3 is 2.42 bits per heavy atom. The van der Waals surface area contributed by atoms with E-state index in [0.717, 1.165) is 0 Å². The molecule has 0 aliphatic carbocycles. The Balaban J connectivity index is 2.29. The largest absolute Gasteiger partial charge is 0.271 e. The molecule has 1 N–H and O–H groups in total. The van der Waals surface area contributed by atoms with Crippen LogP contribution in [0.15, 0.2) is 4.90 Å². The summed E-state index contributed by atoms with van der Waals surface area (Å²) in [6.07, 6.45) is 0.319.